The largest absolute Gasteiger partial charge is 0.362 e. The van der Waals surface area contributed by atoms with Gasteiger partial charge in [0.05, 0.1) is 0 Å². The Hall–Kier alpha value is -2.19. The number of aromatic nitrogens is 1. The van der Waals surface area contributed by atoms with Gasteiger partial charge in [-0.25, -0.2) is 0 Å². The molecule has 1 aliphatic rings. The van der Waals surface area contributed by atoms with Gasteiger partial charge in [0.25, 0.3) is 0 Å². The predicted octanol–water partition coefficient (Wildman–Crippen LogP) is 1.76. The lowest BCUT2D eigenvalue weighted by atomic mass is 9.89. The number of ether oxygens (including phenoxy) is 1. The van der Waals surface area contributed by atoms with Crippen molar-refractivity contribution < 1.29 is 14.3 Å². The normalized spacial score (nSPS) is 17.6. The molecule has 1 aromatic heterocycles. The molecule has 2 amide bonds. The average Bonchev–Trinajstić information content (AvgIpc) is 3.18. The van der Waals surface area contributed by atoms with Crippen LogP contribution in [-0.2, 0) is 20.9 Å². The molecule has 2 atom stereocenters. The minimum absolute atomic E-state index is 0. The smallest absolute Gasteiger partial charge is 0.248 e. The zero-order chi connectivity index (χ0) is 19.8. The summed E-state index contributed by atoms with van der Waals surface area (Å²) in [5.74, 6) is 0.0871. The molecule has 30 heavy (non-hydrogen) atoms. The summed E-state index contributed by atoms with van der Waals surface area (Å²) in [6.07, 6.45) is 3.37. The van der Waals surface area contributed by atoms with Crippen LogP contribution in [0.2, 0.25) is 0 Å². The van der Waals surface area contributed by atoms with Crippen molar-refractivity contribution >= 4 is 36.6 Å². The van der Waals surface area contributed by atoms with E-state index in [9.17, 15) is 9.59 Å². The van der Waals surface area contributed by atoms with E-state index in [4.69, 9.17) is 10.5 Å². The van der Waals surface area contributed by atoms with E-state index in [-0.39, 0.29) is 61.7 Å². The quantitative estimate of drug-likeness (QED) is 0.632. The molecule has 2 heterocycles. The zero-order valence-electron chi connectivity index (χ0n) is 16.6. The molecule has 1 aliphatic heterocycles. The number of benzene rings is 1. The molecular weight excluding hydrogens is 427 g/mol. The van der Waals surface area contributed by atoms with E-state index in [1.165, 1.54) is 5.56 Å². The monoisotopic (exact) mass is 454 g/mol. The summed E-state index contributed by atoms with van der Waals surface area (Å²) in [7, 11) is 0. The van der Waals surface area contributed by atoms with Gasteiger partial charge in [-0.1, -0.05) is 36.4 Å². The van der Waals surface area contributed by atoms with E-state index in [2.05, 4.69) is 22.4 Å². The van der Waals surface area contributed by atoms with Crippen LogP contribution in [0.4, 0.5) is 0 Å². The van der Waals surface area contributed by atoms with Crippen LogP contribution in [0.5, 0.6) is 0 Å². The van der Waals surface area contributed by atoms with Crippen molar-refractivity contribution in [2.24, 2.45) is 11.7 Å². The standard InChI is InChI=1S/C21H26N4O3.2ClH/c22-9-18-12-25(13-19(18)17-6-2-1-3-7-17)21(27)15-28-14-20(26)24-11-16-5-4-8-23-10-16;;/h1-8,10,18-19H,9,11-15,22H2,(H,24,26);2*1H/t18-,19+;;/m1../s1. The van der Waals surface area contributed by atoms with Crippen molar-refractivity contribution in [2.75, 3.05) is 32.8 Å². The molecule has 7 nitrogen and oxygen atoms in total. The molecule has 3 rings (SSSR count). The number of likely N-dealkylation sites (tertiary alicyclic amines) is 1. The minimum atomic E-state index is -0.264. The molecule has 9 heteroatoms. The first-order chi connectivity index (χ1) is 13.7. The Kier molecular flexibility index (Phi) is 11.4. The molecule has 0 radical (unpaired) electrons. The topological polar surface area (TPSA) is 97.5 Å². The molecule has 0 spiro atoms. The highest BCUT2D eigenvalue weighted by molar-refractivity contribution is 5.85. The van der Waals surface area contributed by atoms with Crippen LogP contribution in [0.25, 0.3) is 0 Å². The van der Waals surface area contributed by atoms with E-state index < -0.39 is 0 Å². The Labute approximate surface area is 189 Å². The second-order valence-electron chi connectivity index (χ2n) is 6.94. The van der Waals surface area contributed by atoms with Gasteiger partial charge in [0, 0.05) is 37.9 Å². The van der Waals surface area contributed by atoms with Crippen molar-refractivity contribution in [3.63, 3.8) is 0 Å². The fraction of sp³-hybridized carbons (Fsp3) is 0.381. The number of nitrogens with zero attached hydrogens (tertiary/aromatic N) is 2. The van der Waals surface area contributed by atoms with E-state index >= 15 is 0 Å². The molecule has 1 fully saturated rings. The highest BCUT2D eigenvalue weighted by Gasteiger charge is 2.35. The van der Waals surface area contributed by atoms with E-state index in [1.54, 1.807) is 17.3 Å². The number of nitrogens with one attached hydrogen (secondary N) is 1. The second kappa shape index (κ2) is 13.2. The lowest BCUT2D eigenvalue weighted by Gasteiger charge is -2.17. The maximum Gasteiger partial charge on any atom is 0.248 e. The number of carbonyl (C=O) groups excluding carboxylic acids is 2. The Morgan fingerprint density at radius 1 is 1.10 bits per heavy atom. The molecular formula is C21H28Cl2N4O3. The van der Waals surface area contributed by atoms with Gasteiger partial charge in [0.15, 0.2) is 0 Å². The molecule has 2 aromatic rings. The average molecular weight is 455 g/mol. The van der Waals surface area contributed by atoms with Gasteiger partial charge in [0.2, 0.25) is 11.8 Å². The summed E-state index contributed by atoms with van der Waals surface area (Å²) in [6, 6.07) is 13.8. The number of nitrogens with two attached hydrogens (primary N) is 1. The predicted molar refractivity (Wildman–Crippen MR) is 120 cm³/mol. The van der Waals surface area contributed by atoms with Crippen LogP contribution in [0.3, 0.4) is 0 Å². The lowest BCUT2D eigenvalue weighted by molar-refractivity contribution is -0.137. The van der Waals surface area contributed by atoms with Crippen LogP contribution in [0.15, 0.2) is 54.9 Å². The maximum absolute atomic E-state index is 12.5. The van der Waals surface area contributed by atoms with Gasteiger partial charge in [-0.05, 0) is 29.7 Å². The zero-order valence-corrected chi connectivity index (χ0v) is 18.2. The molecule has 0 unspecified atom stereocenters. The Bertz CT molecular complexity index is 780. The molecule has 0 saturated carbocycles. The number of carbonyl (C=O) groups is 2. The molecule has 164 valence electrons. The summed E-state index contributed by atoms with van der Waals surface area (Å²) in [4.78, 5) is 30.1. The number of pyridine rings is 1. The van der Waals surface area contributed by atoms with Crippen molar-refractivity contribution in [3.05, 3.63) is 66.0 Å². The Balaban J connectivity index is 0.00000225. The number of hydrogen-bond acceptors (Lipinski definition) is 5. The number of rotatable bonds is 8. The first-order valence-electron chi connectivity index (χ1n) is 9.43. The third-order valence-electron chi connectivity index (χ3n) is 5.00. The van der Waals surface area contributed by atoms with Crippen molar-refractivity contribution in [1.29, 1.82) is 0 Å². The van der Waals surface area contributed by atoms with Gasteiger partial charge in [-0.15, -0.1) is 24.8 Å². The first-order valence-corrected chi connectivity index (χ1v) is 9.43. The number of amides is 2. The van der Waals surface area contributed by atoms with Crippen LogP contribution in [-0.4, -0.2) is 54.5 Å². The number of halogens is 2. The second-order valence-corrected chi connectivity index (χ2v) is 6.94. The summed E-state index contributed by atoms with van der Waals surface area (Å²) < 4.78 is 5.32. The van der Waals surface area contributed by atoms with Gasteiger partial charge in [-0.2, -0.15) is 0 Å². The van der Waals surface area contributed by atoms with E-state index in [0.29, 0.717) is 26.2 Å². The lowest BCUT2D eigenvalue weighted by Crippen LogP contribution is -2.34. The van der Waals surface area contributed by atoms with Crippen LogP contribution in [0.1, 0.15) is 17.0 Å². The number of hydrogen-bond donors (Lipinski definition) is 2. The summed E-state index contributed by atoms with van der Waals surface area (Å²) in [6.45, 7) is 1.89. The van der Waals surface area contributed by atoms with Crippen molar-refractivity contribution in [3.8, 4) is 0 Å². The highest BCUT2D eigenvalue weighted by Crippen LogP contribution is 2.31. The molecule has 3 N–H and O–H groups in total. The molecule has 0 bridgehead atoms. The van der Waals surface area contributed by atoms with Crippen LogP contribution in [0, 0.1) is 5.92 Å². The maximum atomic E-state index is 12.5. The van der Waals surface area contributed by atoms with Gasteiger partial charge >= 0.3 is 0 Å². The molecule has 1 aromatic carbocycles. The van der Waals surface area contributed by atoms with E-state index in [0.717, 1.165) is 5.56 Å². The van der Waals surface area contributed by atoms with Crippen molar-refractivity contribution in [1.82, 2.24) is 15.2 Å². The first kappa shape index (κ1) is 25.8. The van der Waals surface area contributed by atoms with Gasteiger partial charge < -0.3 is 20.7 Å². The summed E-state index contributed by atoms with van der Waals surface area (Å²) in [5.41, 5.74) is 8.02. The Morgan fingerprint density at radius 2 is 1.87 bits per heavy atom. The van der Waals surface area contributed by atoms with Crippen LogP contribution >= 0.6 is 24.8 Å². The van der Waals surface area contributed by atoms with Gasteiger partial charge in [-0.3, -0.25) is 14.6 Å². The molecule has 0 aliphatic carbocycles. The fourth-order valence-electron chi connectivity index (χ4n) is 3.47. The van der Waals surface area contributed by atoms with Crippen LogP contribution < -0.4 is 11.1 Å². The third kappa shape index (κ3) is 7.25. The highest BCUT2D eigenvalue weighted by atomic mass is 35.5. The summed E-state index contributed by atoms with van der Waals surface area (Å²) >= 11 is 0. The minimum Gasteiger partial charge on any atom is -0.362 e. The SMILES string of the molecule is Cl.Cl.NC[C@@H]1CN(C(=O)COCC(=O)NCc2cccnc2)C[C@H]1c1ccccc1. The van der Waals surface area contributed by atoms with E-state index in [1.807, 2.05) is 30.3 Å². The molecule has 1 saturated heterocycles. The fourth-order valence-corrected chi connectivity index (χ4v) is 3.47. The van der Waals surface area contributed by atoms with Crippen molar-refractivity contribution in [2.45, 2.75) is 12.5 Å². The Morgan fingerprint density at radius 3 is 2.53 bits per heavy atom. The van der Waals surface area contributed by atoms with Gasteiger partial charge in [0.1, 0.15) is 13.2 Å². The third-order valence-corrected chi connectivity index (χ3v) is 5.00. The summed E-state index contributed by atoms with van der Waals surface area (Å²) in [5, 5.41) is 2.74.